The Morgan fingerprint density at radius 3 is 3.19 bits per heavy atom. The minimum atomic E-state index is 1.01. The first-order valence-electron chi connectivity index (χ1n) is 5.31. The molecule has 3 heterocycles. The normalized spacial score (nSPS) is 14.8. The first-order valence-corrected chi connectivity index (χ1v) is 7.01. The smallest absolute Gasteiger partial charge is 0.194 e. The maximum Gasteiger partial charge on any atom is 0.194 e. The van der Waals surface area contributed by atoms with Crippen molar-refractivity contribution in [2.24, 2.45) is 0 Å². The van der Waals surface area contributed by atoms with Gasteiger partial charge in [0.25, 0.3) is 0 Å². The molecule has 0 amide bonds. The van der Waals surface area contributed by atoms with Crippen molar-refractivity contribution in [3.63, 3.8) is 0 Å². The van der Waals surface area contributed by atoms with Crippen LogP contribution >= 0.6 is 22.7 Å². The standard InChI is InChI=1S/C11H9N3S2/c1-2-8-9(3-1)16-11-13-7(6-14(8)11)10-12-4-5-15-10/h4-6H,1-3H2. The summed E-state index contributed by atoms with van der Waals surface area (Å²) in [5.74, 6) is 0. The van der Waals surface area contributed by atoms with Crippen LogP contribution in [0.5, 0.6) is 0 Å². The molecule has 3 aromatic heterocycles. The average Bonchev–Trinajstić information content (AvgIpc) is 2.98. The van der Waals surface area contributed by atoms with Crippen LogP contribution in [0.25, 0.3) is 15.7 Å². The average molecular weight is 247 g/mol. The second-order valence-corrected chi connectivity index (χ2v) is 5.90. The second-order valence-electron chi connectivity index (χ2n) is 3.94. The van der Waals surface area contributed by atoms with Gasteiger partial charge in [-0.1, -0.05) is 0 Å². The molecule has 3 aromatic rings. The van der Waals surface area contributed by atoms with Crippen molar-refractivity contribution in [1.29, 1.82) is 0 Å². The molecule has 0 atom stereocenters. The quantitative estimate of drug-likeness (QED) is 0.661. The summed E-state index contributed by atoms with van der Waals surface area (Å²) in [6.07, 6.45) is 7.69. The van der Waals surface area contributed by atoms with Crippen LogP contribution in [-0.4, -0.2) is 14.4 Å². The molecule has 0 fully saturated rings. The van der Waals surface area contributed by atoms with Crippen LogP contribution in [0.3, 0.4) is 0 Å². The molecule has 0 saturated carbocycles. The summed E-state index contributed by atoms with van der Waals surface area (Å²) in [7, 11) is 0. The fourth-order valence-electron chi connectivity index (χ4n) is 2.26. The third-order valence-corrected chi connectivity index (χ3v) is 4.92. The molecule has 0 saturated heterocycles. The molecule has 80 valence electrons. The van der Waals surface area contributed by atoms with Crippen LogP contribution in [0.1, 0.15) is 17.0 Å². The van der Waals surface area contributed by atoms with Crippen molar-refractivity contribution in [3.8, 4) is 10.7 Å². The van der Waals surface area contributed by atoms with Crippen LogP contribution in [0.15, 0.2) is 17.8 Å². The van der Waals surface area contributed by atoms with Gasteiger partial charge in [-0.05, 0) is 19.3 Å². The molecule has 0 spiro atoms. The maximum atomic E-state index is 4.65. The van der Waals surface area contributed by atoms with E-state index in [1.165, 1.54) is 29.8 Å². The van der Waals surface area contributed by atoms with E-state index in [0.29, 0.717) is 0 Å². The molecule has 0 unspecified atom stereocenters. The Labute approximate surface area is 100 Å². The molecule has 1 aliphatic carbocycles. The summed E-state index contributed by atoms with van der Waals surface area (Å²) < 4.78 is 2.25. The van der Waals surface area contributed by atoms with Gasteiger partial charge in [0.1, 0.15) is 10.7 Å². The van der Waals surface area contributed by atoms with E-state index >= 15 is 0 Å². The molecule has 4 rings (SSSR count). The number of nitrogens with zero attached hydrogens (tertiary/aromatic N) is 3. The third kappa shape index (κ3) is 1.13. The third-order valence-electron chi connectivity index (χ3n) is 2.97. The molecule has 16 heavy (non-hydrogen) atoms. The summed E-state index contributed by atoms with van der Waals surface area (Å²) >= 11 is 3.48. The number of fused-ring (bicyclic) bond motifs is 3. The number of thiazole rings is 2. The summed E-state index contributed by atoms with van der Waals surface area (Å²) in [6, 6.07) is 0. The molecule has 0 aliphatic heterocycles. The minimum absolute atomic E-state index is 1.01. The molecule has 0 radical (unpaired) electrons. The number of rotatable bonds is 1. The second kappa shape index (κ2) is 3.15. The largest absolute Gasteiger partial charge is 0.294 e. The lowest BCUT2D eigenvalue weighted by Gasteiger charge is -1.90. The van der Waals surface area contributed by atoms with Crippen molar-refractivity contribution < 1.29 is 0 Å². The van der Waals surface area contributed by atoms with Crippen molar-refractivity contribution in [3.05, 3.63) is 28.3 Å². The fraction of sp³-hybridized carbons (Fsp3) is 0.273. The Kier molecular flexibility index (Phi) is 1.75. The zero-order valence-electron chi connectivity index (χ0n) is 8.51. The van der Waals surface area contributed by atoms with Gasteiger partial charge in [-0.25, -0.2) is 9.97 Å². The highest BCUT2D eigenvalue weighted by atomic mass is 32.1. The maximum absolute atomic E-state index is 4.65. The Morgan fingerprint density at radius 2 is 2.31 bits per heavy atom. The number of aromatic nitrogens is 3. The number of hydrogen-bond donors (Lipinski definition) is 0. The molecular weight excluding hydrogens is 238 g/mol. The summed E-state index contributed by atoms with van der Waals surface area (Å²) in [4.78, 5) is 11.6. The first kappa shape index (κ1) is 8.90. The zero-order valence-corrected chi connectivity index (χ0v) is 10.1. The van der Waals surface area contributed by atoms with E-state index in [1.807, 2.05) is 22.9 Å². The van der Waals surface area contributed by atoms with Crippen LogP contribution < -0.4 is 0 Å². The highest BCUT2D eigenvalue weighted by Gasteiger charge is 2.19. The molecule has 0 N–H and O–H groups in total. The van der Waals surface area contributed by atoms with Gasteiger partial charge >= 0.3 is 0 Å². The highest BCUT2D eigenvalue weighted by molar-refractivity contribution is 7.17. The predicted octanol–water partition coefficient (Wildman–Crippen LogP) is 3.01. The van der Waals surface area contributed by atoms with Gasteiger partial charge in [0.15, 0.2) is 4.96 Å². The molecule has 0 aromatic carbocycles. The van der Waals surface area contributed by atoms with E-state index in [-0.39, 0.29) is 0 Å². The van der Waals surface area contributed by atoms with Crippen LogP contribution in [-0.2, 0) is 12.8 Å². The van der Waals surface area contributed by atoms with Gasteiger partial charge in [0.2, 0.25) is 0 Å². The van der Waals surface area contributed by atoms with Gasteiger partial charge in [-0.15, -0.1) is 22.7 Å². The Hall–Kier alpha value is -1.20. The predicted molar refractivity (Wildman–Crippen MR) is 66.2 cm³/mol. The van der Waals surface area contributed by atoms with Crippen LogP contribution in [0, 0.1) is 0 Å². The number of hydrogen-bond acceptors (Lipinski definition) is 4. The lowest BCUT2D eigenvalue weighted by molar-refractivity contribution is 0.888. The van der Waals surface area contributed by atoms with Crippen LogP contribution in [0.4, 0.5) is 0 Å². The van der Waals surface area contributed by atoms with Crippen molar-refractivity contribution >= 4 is 27.6 Å². The zero-order chi connectivity index (χ0) is 10.5. The van der Waals surface area contributed by atoms with Crippen LogP contribution in [0.2, 0.25) is 0 Å². The Balaban J connectivity index is 1.95. The first-order chi connectivity index (χ1) is 7.92. The van der Waals surface area contributed by atoms with Gasteiger partial charge in [-0.2, -0.15) is 0 Å². The van der Waals surface area contributed by atoms with Gasteiger partial charge in [0, 0.05) is 28.3 Å². The van der Waals surface area contributed by atoms with E-state index in [4.69, 9.17) is 0 Å². The van der Waals surface area contributed by atoms with E-state index < -0.39 is 0 Å². The number of aryl methyl sites for hydroxylation is 2. The lowest BCUT2D eigenvalue weighted by Crippen LogP contribution is -1.85. The minimum Gasteiger partial charge on any atom is -0.294 e. The fourth-order valence-corrected chi connectivity index (χ4v) is 4.04. The van der Waals surface area contributed by atoms with Crippen molar-refractivity contribution in [1.82, 2.24) is 14.4 Å². The monoisotopic (exact) mass is 247 g/mol. The van der Waals surface area contributed by atoms with Gasteiger partial charge in [0.05, 0.1) is 0 Å². The number of imidazole rings is 1. The molecule has 3 nitrogen and oxygen atoms in total. The molecule has 5 heteroatoms. The SMILES string of the molecule is c1csc(-c2cn3c4c(sc3n2)CCC4)n1. The Morgan fingerprint density at radius 1 is 1.31 bits per heavy atom. The summed E-state index contributed by atoms with van der Waals surface area (Å²) in [6.45, 7) is 0. The van der Waals surface area contributed by atoms with Gasteiger partial charge in [-0.3, -0.25) is 4.40 Å². The van der Waals surface area contributed by atoms with E-state index in [1.54, 1.807) is 11.3 Å². The Bertz CT molecular complexity index is 648. The van der Waals surface area contributed by atoms with E-state index in [2.05, 4.69) is 20.6 Å². The highest BCUT2D eigenvalue weighted by Crippen LogP contribution is 2.33. The molecular formula is C11H9N3S2. The van der Waals surface area contributed by atoms with Crippen molar-refractivity contribution in [2.75, 3.05) is 0 Å². The van der Waals surface area contributed by atoms with E-state index in [0.717, 1.165) is 15.7 Å². The van der Waals surface area contributed by atoms with Crippen molar-refractivity contribution in [2.45, 2.75) is 19.3 Å². The lowest BCUT2D eigenvalue weighted by atomic mass is 10.4. The van der Waals surface area contributed by atoms with Gasteiger partial charge < -0.3 is 0 Å². The topological polar surface area (TPSA) is 30.2 Å². The summed E-state index contributed by atoms with van der Waals surface area (Å²) in [5, 5.41) is 3.01. The molecule has 1 aliphatic rings. The van der Waals surface area contributed by atoms with E-state index in [9.17, 15) is 0 Å². The molecule has 0 bridgehead atoms. The summed E-state index contributed by atoms with van der Waals surface area (Å²) in [5.41, 5.74) is 2.48.